The molecular weight excluding hydrogens is 297 g/mol. The van der Waals surface area contributed by atoms with Crippen molar-refractivity contribution in [2.75, 3.05) is 0 Å². The number of carboxylic acids is 1. The average molecular weight is 311 g/mol. The Hall–Kier alpha value is -0.534. The number of carboxylic acid groups (broad SMARTS) is 1. The van der Waals surface area contributed by atoms with E-state index in [1.54, 1.807) is 0 Å². The molecule has 1 aromatic carbocycles. The van der Waals surface area contributed by atoms with Crippen molar-refractivity contribution in [3.8, 4) is 0 Å². The van der Waals surface area contributed by atoms with Crippen LogP contribution < -0.4 is 56.5 Å². The molecule has 5 nitrogen and oxygen atoms in total. The third-order valence-electron chi connectivity index (χ3n) is 4.09. The second-order valence-electron chi connectivity index (χ2n) is 5.32. The van der Waals surface area contributed by atoms with Gasteiger partial charge in [-0.2, -0.15) is 0 Å². The molecule has 104 valence electrons. The van der Waals surface area contributed by atoms with Crippen molar-refractivity contribution in [2.45, 2.75) is 38.1 Å². The summed E-state index contributed by atoms with van der Waals surface area (Å²) in [5.74, 6) is -2.02. The van der Waals surface area contributed by atoms with Gasteiger partial charge in [0.15, 0.2) is 0 Å². The normalized spacial score (nSPS) is 18.4. The molecular formula is C15H14KNO4. The maximum Gasteiger partial charge on any atom is 1.00 e. The summed E-state index contributed by atoms with van der Waals surface area (Å²) in [5.41, 5.74) is 0.406. The van der Waals surface area contributed by atoms with Gasteiger partial charge in [-0.3, -0.25) is 14.5 Å². The van der Waals surface area contributed by atoms with Crippen LogP contribution in [0.1, 0.15) is 63.2 Å². The molecule has 1 aliphatic carbocycles. The molecule has 1 aromatic rings. The van der Waals surface area contributed by atoms with E-state index in [-0.39, 0.29) is 80.4 Å². The monoisotopic (exact) mass is 311 g/mol. The number of fused-ring (bicyclic) bond motifs is 1. The van der Waals surface area contributed by atoms with Crippen LogP contribution in [0, 0.1) is 0 Å². The van der Waals surface area contributed by atoms with E-state index in [9.17, 15) is 19.5 Å². The minimum absolute atomic E-state index is 0. The fourth-order valence-corrected chi connectivity index (χ4v) is 3.06. The number of nitrogens with zero attached hydrogens (tertiary/aromatic N) is 1. The number of amides is 2. The molecule has 1 saturated carbocycles. The van der Waals surface area contributed by atoms with Gasteiger partial charge < -0.3 is 9.90 Å². The molecule has 1 aliphatic heterocycles. The molecule has 1 fully saturated rings. The minimum atomic E-state index is -1.34. The molecule has 6 heteroatoms. The van der Waals surface area contributed by atoms with Crippen molar-refractivity contribution in [3.05, 3.63) is 34.9 Å². The molecule has 0 spiro atoms. The second kappa shape index (κ2) is 6.70. The molecule has 0 aromatic heterocycles. The maximum absolute atomic E-state index is 12.4. The van der Waals surface area contributed by atoms with Gasteiger partial charge in [-0.15, -0.1) is 0 Å². The summed E-state index contributed by atoms with van der Waals surface area (Å²) < 4.78 is 0. The van der Waals surface area contributed by atoms with Crippen molar-refractivity contribution in [1.82, 2.24) is 4.90 Å². The van der Waals surface area contributed by atoms with Crippen molar-refractivity contribution in [2.24, 2.45) is 0 Å². The topological polar surface area (TPSA) is 77.5 Å². The van der Waals surface area contributed by atoms with Gasteiger partial charge in [-0.1, -0.05) is 25.3 Å². The van der Waals surface area contributed by atoms with E-state index >= 15 is 0 Å². The molecule has 1 heterocycles. The molecule has 0 saturated heterocycles. The van der Waals surface area contributed by atoms with Crippen molar-refractivity contribution >= 4 is 17.8 Å². The Balaban J connectivity index is 0.00000161. The van der Waals surface area contributed by atoms with E-state index < -0.39 is 5.97 Å². The first-order valence-electron chi connectivity index (χ1n) is 6.83. The number of benzene rings is 1. The molecule has 0 atom stereocenters. The van der Waals surface area contributed by atoms with E-state index in [1.165, 1.54) is 23.1 Å². The van der Waals surface area contributed by atoms with E-state index in [0.717, 1.165) is 32.1 Å². The maximum atomic E-state index is 12.4. The third kappa shape index (κ3) is 3.00. The van der Waals surface area contributed by atoms with Crippen LogP contribution in [0.15, 0.2) is 18.2 Å². The Morgan fingerprint density at radius 3 is 2.29 bits per heavy atom. The Bertz CT molecular complexity index is 608. The van der Waals surface area contributed by atoms with E-state index in [4.69, 9.17) is 0 Å². The van der Waals surface area contributed by atoms with E-state index in [2.05, 4.69) is 0 Å². The number of rotatable bonds is 2. The summed E-state index contributed by atoms with van der Waals surface area (Å²) in [7, 11) is 0. The van der Waals surface area contributed by atoms with Gasteiger partial charge in [-0.05, 0) is 30.5 Å². The standard InChI is InChI=1S/C15H15NO4.K/c17-13-11-7-6-9(15(19)20)8-12(11)14(18)16(13)10-4-2-1-3-5-10;/h6-8,10H,1-5H2,(H,19,20);/q;+1/p-1. The number of carbonyl (C=O) groups excluding carboxylic acids is 3. The number of hydrogen-bond acceptors (Lipinski definition) is 4. The van der Waals surface area contributed by atoms with Gasteiger partial charge in [-0.25, -0.2) is 0 Å². The first kappa shape index (κ1) is 16.8. The van der Waals surface area contributed by atoms with E-state index in [0.29, 0.717) is 5.56 Å². The van der Waals surface area contributed by atoms with Crippen LogP contribution in [-0.4, -0.2) is 28.7 Å². The Morgan fingerprint density at radius 2 is 1.67 bits per heavy atom. The summed E-state index contributed by atoms with van der Waals surface area (Å²) in [6, 6.07) is 3.91. The quantitative estimate of drug-likeness (QED) is 0.467. The van der Waals surface area contributed by atoms with Crippen LogP contribution >= 0.6 is 0 Å². The fourth-order valence-electron chi connectivity index (χ4n) is 3.06. The van der Waals surface area contributed by atoms with Gasteiger partial charge >= 0.3 is 51.4 Å². The van der Waals surface area contributed by atoms with Crippen LogP contribution in [0.4, 0.5) is 0 Å². The minimum Gasteiger partial charge on any atom is -0.545 e. The predicted octanol–water partition coefficient (Wildman–Crippen LogP) is -2.02. The van der Waals surface area contributed by atoms with Gasteiger partial charge in [0, 0.05) is 6.04 Å². The largest absolute Gasteiger partial charge is 1.00 e. The summed E-state index contributed by atoms with van der Waals surface area (Å²) in [4.78, 5) is 36.9. The number of hydrogen-bond donors (Lipinski definition) is 0. The average Bonchev–Trinajstić information content (AvgIpc) is 2.71. The summed E-state index contributed by atoms with van der Waals surface area (Å²) in [5, 5.41) is 10.9. The Labute approximate surface area is 165 Å². The summed E-state index contributed by atoms with van der Waals surface area (Å²) in [6.45, 7) is 0. The molecule has 0 unspecified atom stereocenters. The van der Waals surface area contributed by atoms with Crippen LogP contribution in [0.5, 0.6) is 0 Å². The van der Waals surface area contributed by atoms with Crippen LogP contribution in [-0.2, 0) is 0 Å². The zero-order valence-corrected chi connectivity index (χ0v) is 15.0. The zero-order chi connectivity index (χ0) is 14.3. The van der Waals surface area contributed by atoms with E-state index in [1.807, 2.05) is 0 Å². The van der Waals surface area contributed by atoms with Crippen molar-refractivity contribution in [3.63, 3.8) is 0 Å². The SMILES string of the molecule is O=C([O-])c1ccc2c(c1)C(=O)N(C1CCCCC1)C2=O.[K+]. The number of aromatic carboxylic acids is 1. The molecule has 21 heavy (non-hydrogen) atoms. The predicted molar refractivity (Wildman–Crippen MR) is 68.1 cm³/mol. The summed E-state index contributed by atoms with van der Waals surface area (Å²) in [6.07, 6.45) is 4.83. The smallest absolute Gasteiger partial charge is 0.545 e. The zero-order valence-electron chi connectivity index (χ0n) is 11.9. The molecule has 0 radical (unpaired) electrons. The van der Waals surface area contributed by atoms with Crippen LogP contribution in [0.3, 0.4) is 0 Å². The van der Waals surface area contributed by atoms with Crippen LogP contribution in [0.2, 0.25) is 0 Å². The van der Waals surface area contributed by atoms with Gasteiger partial charge in [0.1, 0.15) is 0 Å². The Kier molecular flexibility index (Phi) is 5.37. The number of carbonyl (C=O) groups is 3. The van der Waals surface area contributed by atoms with Crippen molar-refractivity contribution < 1.29 is 70.9 Å². The molecule has 2 amide bonds. The molecule has 0 bridgehead atoms. The fraction of sp³-hybridized carbons (Fsp3) is 0.400. The molecule has 2 aliphatic rings. The number of imide groups is 1. The van der Waals surface area contributed by atoms with Gasteiger partial charge in [0.2, 0.25) is 0 Å². The second-order valence-corrected chi connectivity index (χ2v) is 5.32. The summed E-state index contributed by atoms with van der Waals surface area (Å²) >= 11 is 0. The third-order valence-corrected chi connectivity index (χ3v) is 4.09. The first-order valence-corrected chi connectivity index (χ1v) is 6.83. The molecule has 0 N–H and O–H groups in total. The van der Waals surface area contributed by atoms with Gasteiger partial charge in [0.05, 0.1) is 17.1 Å². The van der Waals surface area contributed by atoms with Crippen molar-refractivity contribution in [1.29, 1.82) is 0 Å². The van der Waals surface area contributed by atoms with Gasteiger partial charge in [0.25, 0.3) is 11.8 Å². The van der Waals surface area contributed by atoms with Crippen LogP contribution in [0.25, 0.3) is 0 Å². The Morgan fingerprint density at radius 1 is 1.05 bits per heavy atom. The molecule has 3 rings (SSSR count). The first-order chi connectivity index (χ1) is 9.59.